The van der Waals surface area contributed by atoms with Gasteiger partial charge >= 0.3 is 0 Å². The van der Waals surface area contributed by atoms with Crippen LogP contribution in [0.1, 0.15) is 29.4 Å². The Morgan fingerprint density at radius 3 is 2.76 bits per heavy atom. The molecule has 1 aromatic carbocycles. The molecule has 1 aliphatic heterocycles. The standard InChI is InChI=1S/C18H16N2O4S/c1-2-8-20-16(21)15(25-18(20)24)11-14-7-4-9-19(14)13-6-3-5-12(10-13)17(22)23/h3-7,9-11H,2,8H2,1H3,(H,22,23)/p-1/b15-11-. The van der Waals surface area contributed by atoms with E-state index in [0.29, 0.717) is 29.3 Å². The number of benzene rings is 1. The molecule has 0 unspecified atom stereocenters. The predicted octanol–water partition coefficient (Wildman–Crippen LogP) is 2.29. The number of nitrogens with zero attached hydrogens (tertiary/aromatic N) is 2. The lowest BCUT2D eigenvalue weighted by Gasteiger charge is -2.10. The van der Waals surface area contributed by atoms with Crippen molar-refractivity contribution < 1.29 is 19.5 Å². The van der Waals surface area contributed by atoms with Crippen molar-refractivity contribution in [3.05, 3.63) is 58.8 Å². The van der Waals surface area contributed by atoms with Crippen LogP contribution in [0.25, 0.3) is 11.8 Å². The highest BCUT2D eigenvalue weighted by molar-refractivity contribution is 8.18. The van der Waals surface area contributed by atoms with Gasteiger partial charge < -0.3 is 14.5 Å². The summed E-state index contributed by atoms with van der Waals surface area (Å²) < 4.78 is 1.75. The number of carbonyl (C=O) groups is 3. The summed E-state index contributed by atoms with van der Waals surface area (Å²) in [7, 11) is 0. The Hall–Kier alpha value is -2.80. The summed E-state index contributed by atoms with van der Waals surface area (Å²) in [5.41, 5.74) is 1.38. The average molecular weight is 355 g/mol. The van der Waals surface area contributed by atoms with Gasteiger partial charge in [0.2, 0.25) is 0 Å². The van der Waals surface area contributed by atoms with Crippen molar-refractivity contribution in [2.24, 2.45) is 0 Å². The summed E-state index contributed by atoms with van der Waals surface area (Å²) in [5, 5.41) is 10.8. The van der Waals surface area contributed by atoms with Crippen molar-refractivity contribution in [3.63, 3.8) is 0 Å². The highest BCUT2D eigenvalue weighted by Crippen LogP contribution is 2.32. The average Bonchev–Trinajstić information content (AvgIpc) is 3.16. The Labute approximate surface area is 148 Å². The zero-order valence-electron chi connectivity index (χ0n) is 13.5. The van der Waals surface area contributed by atoms with Crippen LogP contribution in [0.3, 0.4) is 0 Å². The normalized spacial score (nSPS) is 16.0. The first-order valence-electron chi connectivity index (χ1n) is 7.75. The fraction of sp³-hybridized carbons (Fsp3) is 0.167. The zero-order chi connectivity index (χ0) is 18.0. The van der Waals surface area contributed by atoms with Crippen LogP contribution >= 0.6 is 11.8 Å². The minimum atomic E-state index is -1.25. The van der Waals surface area contributed by atoms with E-state index in [2.05, 4.69) is 0 Å². The van der Waals surface area contributed by atoms with Gasteiger partial charge in [0, 0.05) is 24.1 Å². The van der Waals surface area contributed by atoms with Crippen LogP contribution in [0.4, 0.5) is 4.79 Å². The number of hydrogen-bond donors (Lipinski definition) is 0. The number of carboxylic acid groups (broad SMARTS) is 1. The summed E-state index contributed by atoms with van der Waals surface area (Å²) >= 11 is 0.913. The molecular weight excluding hydrogens is 340 g/mol. The molecule has 2 heterocycles. The Bertz CT molecular complexity index is 885. The van der Waals surface area contributed by atoms with E-state index in [1.165, 1.54) is 17.0 Å². The second kappa shape index (κ2) is 6.98. The van der Waals surface area contributed by atoms with Gasteiger partial charge in [0.25, 0.3) is 11.1 Å². The molecule has 25 heavy (non-hydrogen) atoms. The van der Waals surface area contributed by atoms with Crippen molar-refractivity contribution in [2.75, 3.05) is 6.54 Å². The molecule has 0 atom stereocenters. The van der Waals surface area contributed by atoms with Gasteiger partial charge in [-0.1, -0.05) is 19.1 Å². The summed E-state index contributed by atoms with van der Waals surface area (Å²) in [6.07, 6.45) is 4.11. The maximum absolute atomic E-state index is 12.3. The van der Waals surface area contributed by atoms with Crippen LogP contribution in [0.5, 0.6) is 0 Å². The highest BCUT2D eigenvalue weighted by atomic mass is 32.2. The lowest BCUT2D eigenvalue weighted by molar-refractivity contribution is -0.255. The molecule has 0 aliphatic carbocycles. The molecule has 0 spiro atoms. The van der Waals surface area contributed by atoms with E-state index in [-0.39, 0.29) is 16.7 Å². The van der Waals surface area contributed by atoms with Crippen LogP contribution < -0.4 is 5.11 Å². The van der Waals surface area contributed by atoms with E-state index >= 15 is 0 Å². The van der Waals surface area contributed by atoms with Crippen LogP contribution in [0, 0.1) is 0 Å². The van der Waals surface area contributed by atoms with Gasteiger partial charge in [-0.15, -0.1) is 0 Å². The van der Waals surface area contributed by atoms with Crippen molar-refractivity contribution in [2.45, 2.75) is 13.3 Å². The van der Waals surface area contributed by atoms with Crippen molar-refractivity contribution in [1.29, 1.82) is 0 Å². The second-order valence-corrected chi connectivity index (χ2v) is 6.47. The smallest absolute Gasteiger partial charge is 0.293 e. The molecule has 3 rings (SSSR count). The number of imide groups is 1. The molecule has 0 N–H and O–H groups in total. The van der Waals surface area contributed by atoms with E-state index in [1.54, 1.807) is 41.1 Å². The molecule has 1 aromatic heterocycles. The molecule has 2 amide bonds. The van der Waals surface area contributed by atoms with Gasteiger partial charge in [0.1, 0.15) is 0 Å². The molecule has 1 fully saturated rings. The fourth-order valence-corrected chi connectivity index (χ4v) is 3.43. The number of carbonyl (C=O) groups excluding carboxylic acids is 3. The van der Waals surface area contributed by atoms with E-state index in [1.807, 2.05) is 6.92 Å². The first-order valence-corrected chi connectivity index (χ1v) is 8.57. The molecule has 2 aromatic rings. The molecular formula is C18H15N2O4S-. The Morgan fingerprint density at radius 2 is 2.04 bits per heavy atom. The molecule has 0 saturated carbocycles. The maximum Gasteiger partial charge on any atom is 0.293 e. The second-order valence-electron chi connectivity index (χ2n) is 5.47. The number of hydrogen-bond acceptors (Lipinski definition) is 5. The number of aromatic carboxylic acids is 1. The number of carboxylic acids is 1. The summed E-state index contributed by atoms with van der Waals surface area (Å²) in [5.74, 6) is -1.55. The third-order valence-electron chi connectivity index (χ3n) is 3.74. The summed E-state index contributed by atoms with van der Waals surface area (Å²) in [6, 6.07) is 9.91. The SMILES string of the molecule is CCCN1C(=O)S/C(=C\c2cccn2-c2cccc(C(=O)[O-])c2)C1=O. The molecule has 1 saturated heterocycles. The van der Waals surface area contributed by atoms with E-state index < -0.39 is 5.97 Å². The molecule has 128 valence electrons. The van der Waals surface area contributed by atoms with E-state index in [9.17, 15) is 19.5 Å². The third kappa shape index (κ3) is 3.36. The lowest BCUT2D eigenvalue weighted by Crippen LogP contribution is -2.28. The predicted molar refractivity (Wildman–Crippen MR) is 93.1 cm³/mol. The van der Waals surface area contributed by atoms with Gasteiger partial charge in [0.15, 0.2) is 0 Å². The summed E-state index contributed by atoms with van der Waals surface area (Å²) in [6.45, 7) is 2.30. The van der Waals surface area contributed by atoms with Crippen molar-refractivity contribution in [1.82, 2.24) is 9.47 Å². The van der Waals surface area contributed by atoms with Gasteiger partial charge in [-0.2, -0.15) is 0 Å². The first-order chi connectivity index (χ1) is 12.0. The van der Waals surface area contributed by atoms with Gasteiger partial charge in [-0.25, -0.2) is 0 Å². The molecule has 6 nitrogen and oxygen atoms in total. The summed E-state index contributed by atoms with van der Waals surface area (Å²) in [4.78, 5) is 36.9. The number of amides is 2. The number of rotatable bonds is 5. The number of thioether (sulfide) groups is 1. The Balaban J connectivity index is 1.95. The van der Waals surface area contributed by atoms with Crippen LogP contribution in [-0.4, -0.2) is 33.1 Å². The van der Waals surface area contributed by atoms with Gasteiger partial charge in [0.05, 0.1) is 10.9 Å². The zero-order valence-corrected chi connectivity index (χ0v) is 14.3. The quantitative estimate of drug-likeness (QED) is 0.769. The molecule has 0 radical (unpaired) electrons. The lowest BCUT2D eigenvalue weighted by atomic mass is 10.2. The van der Waals surface area contributed by atoms with Gasteiger partial charge in [-0.05, 0) is 54.1 Å². The fourth-order valence-electron chi connectivity index (χ4n) is 2.58. The van der Waals surface area contributed by atoms with Crippen molar-refractivity contribution in [3.8, 4) is 5.69 Å². The third-order valence-corrected chi connectivity index (χ3v) is 4.65. The van der Waals surface area contributed by atoms with Gasteiger partial charge in [-0.3, -0.25) is 14.5 Å². The molecule has 0 bridgehead atoms. The van der Waals surface area contributed by atoms with Crippen LogP contribution in [-0.2, 0) is 4.79 Å². The van der Waals surface area contributed by atoms with Crippen molar-refractivity contribution >= 4 is 35.0 Å². The first kappa shape index (κ1) is 17.0. The van der Waals surface area contributed by atoms with Crippen LogP contribution in [0.2, 0.25) is 0 Å². The maximum atomic E-state index is 12.3. The Morgan fingerprint density at radius 1 is 1.24 bits per heavy atom. The molecule has 1 aliphatic rings. The Kier molecular flexibility index (Phi) is 4.76. The van der Waals surface area contributed by atoms with Crippen LogP contribution in [0.15, 0.2) is 47.5 Å². The minimum Gasteiger partial charge on any atom is -0.545 e. The largest absolute Gasteiger partial charge is 0.545 e. The van der Waals surface area contributed by atoms with E-state index in [0.717, 1.165) is 11.8 Å². The van der Waals surface area contributed by atoms with E-state index in [4.69, 9.17) is 0 Å². The highest BCUT2D eigenvalue weighted by Gasteiger charge is 2.34. The monoisotopic (exact) mass is 355 g/mol. The number of aromatic nitrogens is 1. The molecule has 7 heteroatoms. The topological polar surface area (TPSA) is 82.4 Å². The minimum absolute atomic E-state index is 0.0698.